The number of carbonyl (C=O) groups is 1. The van der Waals surface area contributed by atoms with E-state index in [4.69, 9.17) is 9.05 Å². The number of amides is 1. The summed E-state index contributed by atoms with van der Waals surface area (Å²) in [5.74, 6) is -0.156. The van der Waals surface area contributed by atoms with Crippen LogP contribution >= 0.6 is 7.82 Å². The smallest absolute Gasteiger partial charge is 0.268 e. The molecule has 0 aliphatic heterocycles. The Kier molecular flexibility index (Phi) is 67.1. The maximum atomic E-state index is 13.1. The van der Waals surface area contributed by atoms with Gasteiger partial charge in [0.25, 0.3) is 7.82 Å². The second kappa shape index (κ2) is 68.6. The van der Waals surface area contributed by atoms with Gasteiger partial charge < -0.3 is 28.8 Å². The van der Waals surface area contributed by atoms with E-state index in [9.17, 15) is 19.4 Å². The predicted molar refractivity (Wildman–Crippen MR) is 381 cm³/mol. The van der Waals surface area contributed by atoms with Crippen LogP contribution in [0.4, 0.5) is 0 Å². The molecule has 0 rings (SSSR count). The van der Waals surface area contributed by atoms with Crippen molar-refractivity contribution < 1.29 is 32.9 Å². The molecular formula is C78H149N2O6P. The van der Waals surface area contributed by atoms with E-state index in [1.54, 1.807) is 0 Å². The Morgan fingerprint density at radius 2 is 0.701 bits per heavy atom. The standard InChI is InChI=1S/C78H149N2O6P/c1-6-8-10-12-14-16-18-20-22-24-26-28-30-32-33-34-35-36-37-38-39-40-41-42-43-44-45-46-47-48-50-52-54-56-58-60-62-64-66-68-70-72-78(82)79-76(75-86-87(83,84)85-74-73-80(3,4)5)77(81)71-69-67-65-63-61-59-57-55-53-51-49-31-29-27-25-23-21-19-17-15-13-11-9-7-2/h8,10,14,16,20,22,26,28,32-33,76-77,81H,6-7,9,11-13,15,17-19,21,23-25,27,29-31,34-75H2,1-5H3,(H-,79,82,83,84)/b10-8-,16-14-,22-20-,28-26-,33-32-. The van der Waals surface area contributed by atoms with Crippen LogP contribution < -0.4 is 10.2 Å². The quantitative estimate of drug-likeness (QED) is 0.0272. The number of carbonyl (C=O) groups excluding carboxylic acids is 1. The Labute approximate surface area is 542 Å². The van der Waals surface area contributed by atoms with Crippen molar-refractivity contribution in [3.05, 3.63) is 60.8 Å². The molecule has 0 aromatic rings. The van der Waals surface area contributed by atoms with E-state index < -0.39 is 20.0 Å². The number of rotatable bonds is 71. The van der Waals surface area contributed by atoms with Crippen LogP contribution in [-0.2, 0) is 18.4 Å². The lowest BCUT2D eigenvalue weighted by molar-refractivity contribution is -0.870. The molecule has 512 valence electrons. The highest BCUT2D eigenvalue weighted by atomic mass is 31.2. The molecule has 9 heteroatoms. The molecule has 0 saturated heterocycles. The first-order valence-corrected chi connectivity index (χ1v) is 39.6. The number of aliphatic hydroxyl groups is 1. The molecule has 0 aliphatic carbocycles. The highest BCUT2D eigenvalue weighted by Gasteiger charge is 2.24. The summed E-state index contributed by atoms with van der Waals surface area (Å²) in [7, 11) is 1.32. The number of aliphatic hydroxyl groups excluding tert-OH is 1. The zero-order valence-corrected chi connectivity index (χ0v) is 59.6. The van der Waals surface area contributed by atoms with Gasteiger partial charge in [-0.3, -0.25) is 9.36 Å². The minimum Gasteiger partial charge on any atom is -0.756 e. The van der Waals surface area contributed by atoms with Crippen molar-refractivity contribution in [1.29, 1.82) is 0 Å². The first-order valence-electron chi connectivity index (χ1n) is 38.1. The molecule has 0 fully saturated rings. The summed E-state index contributed by atoms with van der Waals surface area (Å²) in [6.07, 6.45) is 94.7. The Morgan fingerprint density at radius 1 is 0.414 bits per heavy atom. The predicted octanol–water partition coefficient (Wildman–Crippen LogP) is 24.1. The van der Waals surface area contributed by atoms with E-state index in [1.807, 2.05) is 21.1 Å². The minimum absolute atomic E-state index is 0.0142. The van der Waals surface area contributed by atoms with Crippen molar-refractivity contribution in [2.75, 3.05) is 40.9 Å². The van der Waals surface area contributed by atoms with Crippen LogP contribution in [0.2, 0.25) is 0 Å². The summed E-state index contributed by atoms with van der Waals surface area (Å²) >= 11 is 0. The van der Waals surface area contributed by atoms with Gasteiger partial charge in [-0.1, -0.05) is 376 Å². The Morgan fingerprint density at radius 3 is 1.02 bits per heavy atom. The zero-order chi connectivity index (χ0) is 63.4. The van der Waals surface area contributed by atoms with E-state index in [0.29, 0.717) is 23.9 Å². The number of allylic oxidation sites excluding steroid dienone is 10. The Balaban J connectivity index is 3.90. The van der Waals surface area contributed by atoms with E-state index >= 15 is 0 Å². The third kappa shape index (κ3) is 71.5. The Hall–Kier alpha value is -1.80. The molecule has 2 N–H and O–H groups in total. The van der Waals surface area contributed by atoms with Gasteiger partial charge in [0.05, 0.1) is 39.9 Å². The number of hydrogen-bond acceptors (Lipinski definition) is 6. The number of phosphoric ester groups is 1. The molecule has 87 heavy (non-hydrogen) atoms. The maximum absolute atomic E-state index is 13.1. The van der Waals surface area contributed by atoms with Crippen molar-refractivity contribution in [2.24, 2.45) is 0 Å². The number of unbranched alkanes of at least 4 members (excludes halogenated alkanes) is 48. The average molecular weight is 1240 g/mol. The molecular weight excluding hydrogens is 1090 g/mol. The summed E-state index contributed by atoms with van der Waals surface area (Å²) in [6, 6.07) is -0.801. The Bertz CT molecular complexity index is 1600. The number of nitrogens with zero attached hydrogens (tertiary/aromatic N) is 1. The average Bonchev–Trinajstić information content (AvgIpc) is 3.71. The molecule has 0 aliphatic rings. The third-order valence-electron chi connectivity index (χ3n) is 17.5. The zero-order valence-electron chi connectivity index (χ0n) is 58.7. The van der Waals surface area contributed by atoms with Gasteiger partial charge in [0.2, 0.25) is 5.91 Å². The summed E-state index contributed by atoms with van der Waals surface area (Å²) in [5.41, 5.74) is 0. The highest BCUT2D eigenvalue weighted by Crippen LogP contribution is 2.38. The monoisotopic (exact) mass is 1240 g/mol. The molecule has 0 radical (unpaired) electrons. The fourth-order valence-corrected chi connectivity index (χ4v) is 12.4. The second-order valence-corrected chi connectivity index (χ2v) is 28.7. The van der Waals surface area contributed by atoms with Crippen LogP contribution in [0.3, 0.4) is 0 Å². The fraction of sp³-hybridized carbons (Fsp3) is 0.859. The second-order valence-electron chi connectivity index (χ2n) is 27.3. The number of phosphoric acid groups is 1. The van der Waals surface area contributed by atoms with Gasteiger partial charge in [0.1, 0.15) is 13.2 Å². The first kappa shape index (κ1) is 85.2. The summed E-state index contributed by atoms with van der Waals surface area (Å²) < 4.78 is 23.6. The van der Waals surface area contributed by atoms with Crippen LogP contribution in [0.25, 0.3) is 0 Å². The van der Waals surface area contributed by atoms with Crippen molar-refractivity contribution in [2.45, 2.75) is 392 Å². The number of nitrogens with one attached hydrogen (secondary N) is 1. The van der Waals surface area contributed by atoms with Crippen molar-refractivity contribution in [3.8, 4) is 0 Å². The topological polar surface area (TPSA) is 108 Å². The molecule has 0 bridgehead atoms. The van der Waals surface area contributed by atoms with Crippen LogP contribution in [-0.4, -0.2) is 68.5 Å². The molecule has 0 heterocycles. The van der Waals surface area contributed by atoms with E-state index in [1.165, 1.54) is 283 Å². The molecule has 8 nitrogen and oxygen atoms in total. The van der Waals surface area contributed by atoms with Crippen LogP contribution in [0.1, 0.15) is 380 Å². The molecule has 0 spiro atoms. The first-order chi connectivity index (χ1) is 42.5. The highest BCUT2D eigenvalue weighted by molar-refractivity contribution is 7.45. The van der Waals surface area contributed by atoms with Gasteiger partial charge in [-0.05, 0) is 57.8 Å². The summed E-state index contributed by atoms with van der Waals surface area (Å²) in [5, 5.41) is 14.1. The van der Waals surface area contributed by atoms with Crippen LogP contribution in [0.5, 0.6) is 0 Å². The largest absolute Gasteiger partial charge is 0.756 e. The minimum atomic E-state index is -4.58. The van der Waals surface area contributed by atoms with E-state index in [0.717, 1.165) is 70.6 Å². The molecule has 0 aromatic carbocycles. The van der Waals surface area contributed by atoms with Crippen LogP contribution in [0.15, 0.2) is 60.8 Å². The van der Waals surface area contributed by atoms with Gasteiger partial charge in [-0.15, -0.1) is 0 Å². The summed E-state index contributed by atoms with van der Waals surface area (Å²) in [6.45, 7) is 4.67. The molecule has 0 saturated carbocycles. The van der Waals surface area contributed by atoms with E-state index in [2.05, 4.69) is 79.9 Å². The number of likely N-dealkylation sites (N-methyl/N-ethyl adjacent to an activating group) is 1. The van der Waals surface area contributed by atoms with Gasteiger partial charge in [0, 0.05) is 6.42 Å². The SMILES string of the molecule is CC/C=C\C/C=C\C/C=C\C/C=C\C/C=C\CCCCCCCCCCCCCCCCCCCCCCCCCCCC(=O)NC(COP(=O)([O-])OCC[N+](C)(C)C)C(O)CCCCCCCCCCCCCCCCCCCCCCCCCC. The van der Waals surface area contributed by atoms with Gasteiger partial charge in [0.15, 0.2) is 0 Å². The van der Waals surface area contributed by atoms with Crippen LogP contribution in [0, 0.1) is 0 Å². The lowest BCUT2D eigenvalue weighted by Crippen LogP contribution is -2.46. The number of hydrogen-bond donors (Lipinski definition) is 2. The molecule has 3 atom stereocenters. The molecule has 0 aromatic heterocycles. The normalized spacial score (nSPS) is 13.9. The molecule has 1 amide bonds. The lowest BCUT2D eigenvalue weighted by Gasteiger charge is -2.30. The van der Waals surface area contributed by atoms with Gasteiger partial charge in [-0.2, -0.15) is 0 Å². The lowest BCUT2D eigenvalue weighted by atomic mass is 10.0. The third-order valence-corrected chi connectivity index (χ3v) is 18.5. The van der Waals surface area contributed by atoms with E-state index in [-0.39, 0.29) is 19.1 Å². The summed E-state index contributed by atoms with van der Waals surface area (Å²) in [4.78, 5) is 25.7. The van der Waals surface area contributed by atoms with Crippen molar-refractivity contribution in [1.82, 2.24) is 5.32 Å². The van der Waals surface area contributed by atoms with Gasteiger partial charge in [-0.25, -0.2) is 0 Å². The van der Waals surface area contributed by atoms with Gasteiger partial charge >= 0.3 is 0 Å². The molecule has 3 unspecified atom stereocenters. The fourth-order valence-electron chi connectivity index (χ4n) is 11.7. The number of quaternary nitrogens is 1. The maximum Gasteiger partial charge on any atom is 0.268 e. The van der Waals surface area contributed by atoms with Crippen molar-refractivity contribution in [3.63, 3.8) is 0 Å². The van der Waals surface area contributed by atoms with Crippen molar-refractivity contribution >= 4 is 13.7 Å².